The number of ether oxygens (including phenoxy) is 1. The Morgan fingerprint density at radius 1 is 1.00 bits per heavy atom. The van der Waals surface area contributed by atoms with Crippen LogP contribution in [0.1, 0.15) is 23.9 Å². The van der Waals surface area contributed by atoms with E-state index in [9.17, 15) is 0 Å². The van der Waals surface area contributed by atoms with Gasteiger partial charge in [0.25, 0.3) is 0 Å². The zero-order valence-corrected chi connectivity index (χ0v) is 21.3. The maximum atomic E-state index is 5.48. The number of halogens is 1. The molecule has 2 N–H and O–H groups in total. The SMILES string of the molecule is CCNC(=NCc1ccccc1CN1CCOCC1)NCc1nncn1-c1ccccc1.I. The van der Waals surface area contributed by atoms with Crippen LogP contribution in [0, 0.1) is 0 Å². The largest absolute Gasteiger partial charge is 0.379 e. The van der Waals surface area contributed by atoms with E-state index in [1.165, 1.54) is 11.1 Å². The van der Waals surface area contributed by atoms with Gasteiger partial charge in [0.1, 0.15) is 6.33 Å². The molecule has 0 saturated carbocycles. The minimum atomic E-state index is 0. The molecule has 176 valence electrons. The number of aliphatic imine (C=N–C) groups is 1. The number of morpholine rings is 1. The van der Waals surface area contributed by atoms with Gasteiger partial charge in [-0.05, 0) is 30.2 Å². The van der Waals surface area contributed by atoms with Gasteiger partial charge < -0.3 is 15.4 Å². The topological polar surface area (TPSA) is 79.6 Å². The number of aromatic nitrogens is 3. The van der Waals surface area contributed by atoms with E-state index in [-0.39, 0.29) is 24.0 Å². The summed E-state index contributed by atoms with van der Waals surface area (Å²) < 4.78 is 7.46. The van der Waals surface area contributed by atoms with Crippen molar-refractivity contribution < 1.29 is 4.74 Å². The molecule has 1 aromatic heterocycles. The Bertz CT molecular complexity index is 1000. The molecular formula is C24H32IN7O. The molecule has 8 nitrogen and oxygen atoms in total. The lowest BCUT2D eigenvalue weighted by molar-refractivity contribution is 0.0341. The van der Waals surface area contributed by atoms with Gasteiger partial charge in [-0.15, -0.1) is 34.2 Å². The van der Waals surface area contributed by atoms with Gasteiger partial charge in [-0.25, -0.2) is 4.99 Å². The Labute approximate surface area is 212 Å². The number of hydrogen-bond acceptors (Lipinski definition) is 5. The summed E-state index contributed by atoms with van der Waals surface area (Å²) in [4.78, 5) is 7.27. The monoisotopic (exact) mass is 561 g/mol. The maximum Gasteiger partial charge on any atom is 0.191 e. The number of nitrogens with zero attached hydrogens (tertiary/aromatic N) is 5. The van der Waals surface area contributed by atoms with E-state index >= 15 is 0 Å². The van der Waals surface area contributed by atoms with Crippen molar-refractivity contribution in [2.75, 3.05) is 32.8 Å². The van der Waals surface area contributed by atoms with Crippen LogP contribution < -0.4 is 10.6 Å². The summed E-state index contributed by atoms with van der Waals surface area (Å²) in [7, 11) is 0. The van der Waals surface area contributed by atoms with Crippen LogP contribution in [0.5, 0.6) is 0 Å². The quantitative estimate of drug-likeness (QED) is 0.250. The van der Waals surface area contributed by atoms with Crippen LogP contribution >= 0.6 is 24.0 Å². The van der Waals surface area contributed by atoms with Gasteiger partial charge in [0.2, 0.25) is 0 Å². The minimum absolute atomic E-state index is 0. The second kappa shape index (κ2) is 13.3. The van der Waals surface area contributed by atoms with Crippen LogP contribution in [0.25, 0.3) is 5.69 Å². The summed E-state index contributed by atoms with van der Waals surface area (Å²) in [5, 5.41) is 15.1. The van der Waals surface area contributed by atoms with Crippen molar-refractivity contribution in [1.82, 2.24) is 30.3 Å². The zero-order valence-electron chi connectivity index (χ0n) is 19.0. The highest BCUT2D eigenvalue weighted by Crippen LogP contribution is 2.14. The van der Waals surface area contributed by atoms with Crippen LogP contribution in [0.2, 0.25) is 0 Å². The molecule has 1 saturated heterocycles. The molecule has 0 spiro atoms. The summed E-state index contributed by atoms with van der Waals surface area (Å²) in [5.74, 6) is 1.59. The van der Waals surface area contributed by atoms with Gasteiger partial charge in [0, 0.05) is 31.9 Å². The van der Waals surface area contributed by atoms with Gasteiger partial charge in [-0.2, -0.15) is 0 Å². The molecule has 33 heavy (non-hydrogen) atoms. The molecule has 0 amide bonds. The molecule has 0 bridgehead atoms. The van der Waals surface area contributed by atoms with E-state index in [1.54, 1.807) is 6.33 Å². The molecule has 0 atom stereocenters. The van der Waals surface area contributed by atoms with E-state index in [2.05, 4.69) is 56.9 Å². The van der Waals surface area contributed by atoms with E-state index in [0.717, 1.165) is 56.9 Å². The Kier molecular flexibility index (Phi) is 10.1. The van der Waals surface area contributed by atoms with Gasteiger partial charge in [0.05, 0.1) is 26.3 Å². The highest BCUT2D eigenvalue weighted by atomic mass is 127. The molecule has 0 aliphatic carbocycles. The van der Waals surface area contributed by atoms with Crippen LogP contribution in [-0.4, -0.2) is 58.5 Å². The Balaban J connectivity index is 0.00000306. The second-order valence-electron chi connectivity index (χ2n) is 7.66. The first kappa shape index (κ1) is 25.1. The molecular weight excluding hydrogens is 529 g/mol. The first-order valence-corrected chi connectivity index (χ1v) is 11.2. The van der Waals surface area contributed by atoms with Crippen molar-refractivity contribution in [3.63, 3.8) is 0 Å². The normalized spacial score (nSPS) is 14.5. The van der Waals surface area contributed by atoms with Gasteiger partial charge in [-0.1, -0.05) is 42.5 Å². The van der Waals surface area contributed by atoms with Gasteiger partial charge in [0.15, 0.2) is 11.8 Å². The van der Waals surface area contributed by atoms with Crippen molar-refractivity contribution in [3.05, 3.63) is 77.9 Å². The van der Waals surface area contributed by atoms with Crippen molar-refractivity contribution in [1.29, 1.82) is 0 Å². The molecule has 1 aliphatic rings. The predicted octanol–water partition coefficient (Wildman–Crippen LogP) is 2.97. The van der Waals surface area contributed by atoms with Crippen LogP contribution in [0.4, 0.5) is 0 Å². The lowest BCUT2D eigenvalue weighted by Gasteiger charge is -2.27. The third-order valence-corrected chi connectivity index (χ3v) is 5.43. The molecule has 3 aromatic rings. The predicted molar refractivity (Wildman–Crippen MR) is 141 cm³/mol. The molecule has 0 radical (unpaired) electrons. The lowest BCUT2D eigenvalue weighted by atomic mass is 10.1. The van der Waals surface area contributed by atoms with Gasteiger partial charge in [-0.3, -0.25) is 9.47 Å². The number of nitrogens with one attached hydrogen (secondary N) is 2. The third-order valence-electron chi connectivity index (χ3n) is 5.43. The number of guanidine groups is 1. The van der Waals surface area contributed by atoms with Crippen LogP contribution in [-0.2, 0) is 24.4 Å². The van der Waals surface area contributed by atoms with Crippen molar-refractivity contribution >= 4 is 29.9 Å². The lowest BCUT2D eigenvalue weighted by Crippen LogP contribution is -2.37. The number of para-hydroxylation sites is 1. The highest BCUT2D eigenvalue weighted by Gasteiger charge is 2.13. The molecule has 9 heteroatoms. The van der Waals surface area contributed by atoms with Gasteiger partial charge >= 0.3 is 0 Å². The Morgan fingerprint density at radius 3 is 2.48 bits per heavy atom. The second-order valence-corrected chi connectivity index (χ2v) is 7.66. The molecule has 1 aliphatic heterocycles. The van der Waals surface area contributed by atoms with Crippen LogP contribution in [0.3, 0.4) is 0 Å². The summed E-state index contributed by atoms with van der Waals surface area (Å²) >= 11 is 0. The average molecular weight is 561 g/mol. The van der Waals surface area contributed by atoms with Crippen molar-refractivity contribution in [3.8, 4) is 5.69 Å². The third kappa shape index (κ3) is 7.24. The first-order chi connectivity index (χ1) is 15.8. The maximum absolute atomic E-state index is 5.48. The summed E-state index contributed by atoms with van der Waals surface area (Å²) in [6, 6.07) is 18.6. The standard InChI is InChI=1S/C24H31N7O.HI/c1-2-25-24(27-17-23-29-28-19-31(23)22-10-4-3-5-11-22)26-16-20-8-6-7-9-21(20)18-30-12-14-32-15-13-30;/h3-11,19H,2,12-18H2,1H3,(H2,25,26,27);1H. The molecule has 2 heterocycles. The Morgan fingerprint density at radius 2 is 1.73 bits per heavy atom. The minimum Gasteiger partial charge on any atom is -0.379 e. The summed E-state index contributed by atoms with van der Waals surface area (Å²) in [5.41, 5.74) is 3.59. The molecule has 4 rings (SSSR count). The van der Waals surface area contributed by atoms with E-state index in [1.807, 2.05) is 34.9 Å². The first-order valence-electron chi connectivity index (χ1n) is 11.2. The molecule has 0 unspecified atom stereocenters. The number of hydrogen-bond donors (Lipinski definition) is 2. The van der Waals surface area contributed by atoms with Crippen LogP contribution in [0.15, 0.2) is 65.9 Å². The molecule has 1 fully saturated rings. The van der Waals surface area contributed by atoms with E-state index in [4.69, 9.17) is 9.73 Å². The van der Waals surface area contributed by atoms with Crippen molar-refractivity contribution in [2.24, 2.45) is 4.99 Å². The smallest absolute Gasteiger partial charge is 0.191 e. The fourth-order valence-corrected chi connectivity index (χ4v) is 3.72. The number of benzene rings is 2. The highest BCUT2D eigenvalue weighted by molar-refractivity contribution is 14.0. The summed E-state index contributed by atoms with van der Waals surface area (Å²) in [6.45, 7) is 8.48. The summed E-state index contributed by atoms with van der Waals surface area (Å²) in [6.07, 6.45) is 1.73. The van der Waals surface area contributed by atoms with E-state index < -0.39 is 0 Å². The molecule has 2 aromatic carbocycles. The fraction of sp³-hybridized carbons (Fsp3) is 0.375. The number of rotatable bonds is 8. The Hall–Kier alpha value is -2.50. The van der Waals surface area contributed by atoms with Crippen molar-refractivity contribution in [2.45, 2.75) is 26.6 Å². The average Bonchev–Trinajstić information content (AvgIpc) is 3.32. The fourth-order valence-electron chi connectivity index (χ4n) is 3.72. The van der Waals surface area contributed by atoms with E-state index in [0.29, 0.717) is 13.1 Å². The zero-order chi connectivity index (χ0) is 22.0.